The zero-order chi connectivity index (χ0) is 38.1. The van der Waals surface area contributed by atoms with Gasteiger partial charge < -0.3 is 61.6 Å². The van der Waals surface area contributed by atoms with Crippen LogP contribution in [0.15, 0.2) is 0 Å². The highest BCUT2D eigenvalue weighted by molar-refractivity contribution is 4.48. The molecular weight excluding hydrogens is 688 g/mol. The van der Waals surface area contributed by atoms with Gasteiger partial charge in [-0.05, 0) is 12.8 Å². The van der Waals surface area contributed by atoms with Crippen LogP contribution < -0.4 is 0 Å². The highest BCUT2D eigenvalue weighted by atomic mass is 16.6. The van der Waals surface area contributed by atoms with Crippen LogP contribution in [0.3, 0.4) is 0 Å². The topological polar surface area (TPSA) is 120 Å². The van der Waals surface area contributed by atoms with Crippen molar-refractivity contribution in [1.29, 1.82) is 0 Å². The normalized spacial score (nSPS) is 11.7. The fraction of sp³-hybridized carbons (Fsp3) is 1.00. The Kier molecular flexibility index (Phi) is 51.0. The number of hydrogen-bond donors (Lipinski definition) is 0. The molecule has 0 aromatic heterocycles. The average Bonchev–Trinajstić information content (AvgIpc) is 3.17. The van der Waals surface area contributed by atoms with Gasteiger partial charge >= 0.3 is 0 Å². The molecule has 0 heterocycles. The van der Waals surface area contributed by atoms with E-state index in [0.29, 0.717) is 159 Å². The highest BCUT2D eigenvalue weighted by Crippen LogP contribution is 2.10. The molecule has 0 spiro atoms. The molecule has 0 N–H and O–H groups in total. The van der Waals surface area contributed by atoms with Crippen LogP contribution in [0.4, 0.5) is 0 Å². The summed E-state index contributed by atoms with van der Waals surface area (Å²) in [6.45, 7) is 19.2. The molecule has 0 bridgehead atoms. The van der Waals surface area contributed by atoms with E-state index in [4.69, 9.17) is 61.6 Å². The summed E-state index contributed by atoms with van der Waals surface area (Å²) in [5.41, 5.74) is 0. The van der Waals surface area contributed by atoms with E-state index in [2.05, 4.69) is 13.8 Å². The molecular formula is C40H82O13. The van der Waals surface area contributed by atoms with E-state index in [0.717, 1.165) is 32.5 Å². The van der Waals surface area contributed by atoms with Crippen molar-refractivity contribution in [3.8, 4) is 0 Å². The quantitative estimate of drug-likeness (QED) is 0.0682. The lowest BCUT2D eigenvalue weighted by Crippen LogP contribution is -2.15. The van der Waals surface area contributed by atoms with Crippen molar-refractivity contribution in [1.82, 2.24) is 0 Å². The van der Waals surface area contributed by atoms with Crippen LogP contribution in [0.5, 0.6) is 0 Å². The summed E-state index contributed by atoms with van der Waals surface area (Å²) >= 11 is 0. The minimum atomic E-state index is 0.517. The van der Waals surface area contributed by atoms with Gasteiger partial charge in [0.05, 0.1) is 159 Å². The molecule has 0 aromatic carbocycles. The number of rotatable bonds is 50. The second-order valence-electron chi connectivity index (χ2n) is 12.5. The summed E-state index contributed by atoms with van der Waals surface area (Å²) in [4.78, 5) is 0. The highest BCUT2D eigenvalue weighted by Gasteiger charge is 1.98. The third-order valence-electron chi connectivity index (χ3n) is 7.75. The van der Waals surface area contributed by atoms with E-state index < -0.39 is 0 Å². The minimum absolute atomic E-state index is 0.517. The number of unbranched alkanes of at least 4 members (excludes halogenated alkanes) is 10. The van der Waals surface area contributed by atoms with E-state index in [-0.39, 0.29) is 0 Å². The van der Waals surface area contributed by atoms with Crippen LogP contribution in [0.2, 0.25) is 0 Å². The van der Waals surface area contributed by atoms with Crippen molar-refractivity contribution >= 4 is 0 Å². The SMILES string of the molecule is CCCCCCCCCCCCOCCOCCOCCOCCOCCOCCOCCOCCOCCOCCOCCOCCOCCCC. The van der Waals surface area contributed by atoms with E-state index in [1.807, 2.05) is 0 Å². The molecule has 13 nitrogen and oxygen atoms in total. The van der Waals surface area contributed by atoms with E-state index in [1.165, 1.54) is 57.8 Å². The Hall–Kier alpha value is -0.520. The van der Waals surface area contributed by atoms with Crippen LogP contribution in [-0.2, 0) is 61.6 Å². The molecule has 0 radical (unpaired) electrons. The van der Waals surface area contributed by atoms with Gasteiger partial charge in [-0.1, -0.05) is 78.1 Å². The summed E-state index contributed by atoms with van der Waals surface area (Å²) in [5.74, 6) is 0. The predicted octanol–water partition coefficient (Wildman–Crippen LogP) is 5.92. The second kappa shape index (κ2) is 51.5. The Morgan fingerprint density at radius 2 is 0.302 bits per heavy atom. The third kappa shape index (κ3) is 51.5. The molecule has 13 heteroatoms. The van der Waals surface area contributed by atoms with Gasteiger partial charge in [-0.15, -0.1) is 0 Å². The van der Waals surface area contributed by atoms with Crippen molar-refractivity contribution in [2.75, 3.05) is 172 Å². The zero-order valence-corrected chi connectivity index (χ0v) is 34.2. The summed E-state index contributed by atoms with van der Waals surface area (Å²) in [6.07, 6.45) is 15.7. The molecule has 0 aliphatic carbocycles. The Bertz CT molecular complexity index is 571. The van der Waals surface area contributed by atoms with E-state index in [1.54, 1.807) is 0 Å². The van der Waals surface area contributed by atoms with Gasteiger partial charge in [0.25, 0.3) is 0 Å². The standard InChI is InChI=1S/C40H82O13/c1-3-5-7-8-9-10-11-12-13-14-16-42-18-20-44-22-24-46-26-28-48-30-32-50-34-36-52-38-40-53-39-37-51-35-33-49-31-29-47-27-25-45-23-21-43-19-17-41-15-6-4-2/h3-40H2,1-2H3. The van der Waals surface area contributed by atoms with Gasteiger partial charge in [0.15, 0.2) is 0 Å². The van der Waals surface area contributed by atoms with E-state index in [9.17, 15) is 0 Å². The van der Waals surface area contributed by atoms with Crippen LogP contribution in [-0.4, -0.2) is 172 Å². The van der Waals surface area contributed by atoms with Gasteiger partial charge in [-0.25, -0.2) is 0 Å². The van der Waals surface area contributed by atoms with E-state index >= 15 is 0 Å². The molecule has 0 atom stereocenters. The molecule has 0 aliphatic heterocycles. The first-order valence-electron chi connectivity index (χ1n) is 20.9. The first-order chi connectivity index (χ1) is 26.4. The Balaban J connectivity index is 3.05. The fourth-order valence-electron chi connectivity index (χ4n) is 4.68. The summed E-state index contributed by atoms with van der Waals surface area (Å²) in [5, 5.41) is 0. The molecule has 320 valence electrons. The maximum Gasteiger partial charge on any atom is 0.0701 e. The molecule has 0 rings (SSSR count). The molecule has 0 aliphatic rings. The number of ether oxygens (including phenoxy) is 13. The van der Waals surface area contributed by atoms with Crippen molar-refractivity contribution in [3.05, 3.63) is 0 Å². The smallest absolute Gasteiger partial charge is 0.0701 e. The fourth-order valence-corrected chi connectivity index (χ4v) is 4.68. The lowest BCUT2D eigenvalue weighted by molar-refractivity contribution is -0.0290. The second-order valence-corrected chi connectivity index (χ2v) is 12.5. The Morgan fingerprint density at radius 3 is 0.509 bits per heavy atom. The molecule has 0 aromatic rings. The minimum Gasteiger partial charge on any atom is -0.379 e. The maximum atomic E-state index is 5.65. The van der Waals surface area contributed by atoms with Gasteiger partial charge in [0.2, 0.25) is 0 Å². The first-order valence-corrected chi connectivity index (χ1v) is 20.9. The predicted molar refractivity (Wildman–Crippen MR) is 207 cm³/mol. The van der Waals surface area contributed by atoms with Gasteiger partial charge in [-0.2, -0.15) is 0 Å². The average molecular weight is 771 g/mol. The lowest BCUT2D eigenvalue weighted by atomic mass is 10.1. The molecule has 0 saturated heterocycles. The first kappa shape index (κ1) is 52.5. The van der Waals surface area contributed by atoms with Crippen LogP contribution in [0, 0.1) is 0 Å². The number of hydrogen-bond acceptors (Lipinski definition) is 13. The third-order valence-corrected chi connectivity index (χ3v) is 7.75. The summed E-state index contributed by atoms with van der Waals surface area (Å²) in [7, 11) is 0. The molecule has 0 saturated carbocycles. The molecule has 53 heavy (non-hydrogen) atoms. The molecule has 0 fully saturated rings. The van der Waals surface area contributed by atoms with Gasteiger partial charge in [0, 0.05) is 13.2 Å². The van der Waals surface area contributed by atoms with Crippen molar-refractivity contribution in [2.45, 2.75) is 90.9 Å². The summed E-state index contributed by atoms with van der Waals surface area (Å²) < 4.78 is 71.6. The lowest BCUT2D eigenvalue weighted by Gasteiger charge is -2.09. The molecule has 0 amide bonds. The summed E-state index contributed by atoms with van der Waals surface area (Å²) in [6, 6.07) is 0. The Morgan fingerprint density at radius 1 is 0.151 bits per heavy atom. The van der Waals surface area contributed by atoms with Crippen LogP contribution in [0.1, 0.15) is 90.9 Å². The molecule has 0 unspecified atom stereocenters. The van der Waals surface area contributed by atoms with Crippen LogP contribution >= 0.6 is 0 Å². The zero-order valence-electron chi connectivity index (χ0n) is 34.2. The van der Waals surface area contributed by atoms with Crippen molar-refractivity contribution in [3.63, 3.8) is 0 Å². The van der Waals surface area contributed by atoms with Gasteiger partial charge in [-0.3, -0.25) is 0 Å². The Labute approximate surface area is 323 Å². The van der Waals surface area contributed by atoms with Crippen LogP contribution in [0.25, 0.3) is 0 Å². The largest absolute Gasteiger partial charge is 0.379 e. The van der Waals surface area contributed by atoms with Gasteiger partial charge in [0.1, 0.15) is 0 Å². The monoisotopic (exact) mass is 771 g/mol. The van der Waals surface area contributed by atoms with Crippen molar-refractivity contribution in [2.24, 2.45) is 0 Å². The van der Waals surface area contributed by atoms with Crippen molar-refractivity contribution < 1.29 is 61.6 Å². The maximum absolute atomic E-state index is 5.65.